The van der Waals surface area contributed by atoms with E-state index in [4.69, 9.17) is 5.11 Å². The summed E-state index contributed by atoms with van der Waals surface area (Å²) < 4.78 is 14.2. The molecule has 4 nitrogen and oxygen atoms in total. The van der Waals surface area contributed by atoms with Gasteiger partial charge in [-0.25, -0.2) is 4.39 Å². The van der Waals surface area contributed by atoms with E-state index in [9.17, 15) is 4.39 Å². The smallest absolute Gasteiger partial charge is 0.163 e. The second-order valence-electron chi connectivity index (χ2n) is 2.75. The Balaban J connectivity index is 2.44. The zero-order valence-corrected chi connectivity index (χ0v) is 7.26. The van der Waals surface area contributed by atoms with Crippen LogP contribution in [0.3, 0.4) is 0 Å². The van der Waals surface area contributed by atoms with Crippen LogP contribution in [0.25, 0.3) is 5.69 Å². The predicted molar refractivity (Wildman–Crippen MR) is 47.2 cm³/mol. The lowest BCUT2D eigenvalue weighted by Gasteiger charge is -2.03. The Morgan fingerprint density at radius 1 is 1.29 bits per heavy atom. The summed E-state index contributed by atoms with van der Waals surface area (Å²) in [6.07, 6.45) is 1.47. The lowest BCUT2D eigenvalue weighted by molar-refractivity contribution is 0.269. The van der Waals surface area contributed by atoms with Crippen molar-refractivity contribution in [1.29, 1.82) is 0 Å². The Kier molecular flexibility index (Phi) is 2.24. The van der Waals surface area contributed by atoms with Gasteiger partial charge >= 0.3 is 0 Å². The minimum absolute atomic E-state index is 0.197. The number of aliphatic hydroxyl groups excluding tert-OH is 1. The molecule has 0 spiro atoms. The summed E-state index contributed by atoms with van der Waals surface area (Å²) in [7, 11) is 0. The van der Waals surface area contributed by atoms with Crippen molar-refractivity contribution in [2.75, 3.05) is 0 Å². The fourth-order valence-corrected chi connectivity index (χ4v) is 1.18. The molecule has 1 heterocycles. The van der Waals surface area contributed by atoms with Crippen molar-refractivity contribution in [2.24, 2.45) is 0 Å². The highest BCUT2D eigenvalue weighted by Crippen LogP contribution is 2.10. The maximum Gasteiger partial charge on any atom is 0.163 e. The monoisotopic (exact) mass is 193 g/mol. The van der Waals surface area contributed by atoms with Gasteiger partial charge in [-0.3, -0.25) is 4.57 Å². The van der Waals surface area contributed by atoms with Crippen LogP contribution in [0.2, 0.25) is 0 Å². The lowest BCUT2D eigenvalue weighted by atomic mass is 10.3. The summed E-state index contributed by atoms with van der Waals surface area (Å²) >= 11 is 0. The van der Waals surface area contributed by atoms with Crippen LogP contribution in [0, 0.1) is 5.82 Å². The van der Waals surface area contributed by atoms with Gasteiger partial charge in [-0.05, 0) is 24.3 Å². The number of aromatic nitrogens is 3. The third-order valence-corrected chi connectivity index (χ3v) is 1.86. The van der Waals surface area contributed by atoms with Gasteiger partial charge < -0.3 is 5.11 Å². The van der Waals surface area contributed by atoms with Gasteiger partial charge in [0, 0.05) is 5.69 Å². The standard InChI is InChI=1S/C9H8FN3O/c10-7-1-3-8(4-2-7)13-6-11-12-9(13)5-14/h1-4,6,14H,5H2. The number of benzene rings is 1. The molecular weight excluding hydrogens is 185 g/mol. The average molecular weight is 193 g/mol. The van der Waals surface area contributed by atoms with E-state index >= 15 is 0 Å². The van der Waals surface area contributed by atoms with Crippen molar-refractivity contribution in [3.63, 3.8) is 0 Å². The molecule has 0 aliphatic heterocycles. The first-order valence-corrected chi connectivity index (χ1v) is 4.07. The number of nitrogens with zero attached hydrogens (tertiary/aromatic N) is 3. The van der Waals surface area contributed by atoms with Crippen molar-refractivity contribution in [2.45, 2.75) is 6.61 Å². The number of aliphatic hydroxyl groups is 1. The van der Waals surface area contributed by atoms with E-state index in [-0.39, 0.29) is 12.4 Å². The number of hydrogen-bond donors (Lipinski definition) is 1. The van der Waals surface area contributed by atoms with Crippen LogP contribution in [0.1, 0.15) is 5.82 Å². The van der Waals surface area contributed by atoms with Gasteiger partial charge in [0.25, 0.3) is 0 Å². The molecule has 0 amide bonds. The van der Waals surface area contributed by atoms with E-state index in [1.807, 2.05) is 0 Å². The van der Waals surface area contributed by atoms with E-state index in [2.05, 4.69) is 10.2 Å². The summed E-state index contributed by atoms with van der Waals surface area (Å²) in [5.74, 6) is 0.129. The zero-order chi connectivity index (χ0) is 9.97. The fourth-order valence-electron chi connectivity index (χ4n) is 1.18. The van der Waals surface area contributed by atoms with Crippen LogP contribution < -0.4 is 0 Å². The molecule has 5 heteroatoms. The van der Waals surface area contributed by atoms with E-state index < -0.39 is 0 Å². The Hall–Kier alpha value is -1.75. The molecule has 1 aromatic heterocycles. The van der Waals surface area contributed by atoms with Crippen molar-refractivity contribution < 1.29 is 9.50 Å². The highest BCUT2D eigenvalue weighted by atomic mass is 19.1. The molecule has 1 aromatic carbocycles. The Bertz CT molecular complexity index is 424. The van der Waals surface area contributed by atoms with Gasteiger partial charge in [-0.2, -0.15) is 0 Å². The first-order chi connectivity index (χ1) is 6.81. The fraction of sp³-hybridized carbons (Fsp3) is 0.111. The van der Waals surface area contributed by atoms with Gasteiger partial charge in [-0.15, -0.1) is 10.2 Å². The summed E-state index contributed by atoms with van der Waals surface area (Å²) in [6, 6.07) is 5.88. The molecule has 0 bridgehead atoms. The molecule has 0 fully saturated rings. The molecule has 0 aliphatic carbocycles. The van der Waals surface area contributed by atoms with Gasteiger partial charge in [0.1, 0.15) is 18.8 Å². The van der Waals surface area contributed by atoms with Crippen molar-refractivity contribution in [1.82, 2.24) is 14.8 Å². The van der Waals surface area contributed by atoms with Crippen LogP contribution in [-0.2, 0) is 6.61 Å². The highest BCUT2D eigenvalue weighted by molar-refractivity contribution is 5.32. The second kappa shape index (κ2) is 3.55. The molecule has 1 N–H and O–H groups in total. The molecule has 0 saturated heterocycles. The number of halogens is 1. The molecule has 0 unspecified atom stereocenters. The van der Waals surface area contributed by atoms with Crippen LogP contribution in [0.5, 0.6) is 0 Å². The Morgan fingerprint density at radius 3 is 2.64 bits per heavy atom. The molecule has 0 aliphatic rings. The first kappa shape index (κ1) is 8.83. The van der Waals surface area contributed by atoms with Crippen LogP contribution in [0.15, 0.2) is 30.6 Å². The topological polar surface area (TPSA) is 50.9 Å². The summed E-state index contributed by atoms with van der Waals surface area (Å²) in [6.45, 7) is -0.197. The molecule has 72 valence electrons. The third kappa shape index (κ3) is 1.49. The Morgan fingerprint density at radius 2 is 2.00 bits per heavy atom. The summed E-state index contributed by atoms with van der Waals surface area (Å²) in [4.78, 5) is 0. The normalized spacial score (nSPS) is 10.4. The summed E-state index contributed by atoms with van der Waals surface area (Å²) in [5.41, 5.74) is 0.723. The van der Waals surface area contributed by atoms with Gasteiger partial charge in [-0.1, -0.05) is 0 Å². The van der Waals surface area contributed by atoms with E-state index in [1.165, 1.54) is 18.5 Å². The molecule has 0 radical (unpaired) electrons. The third-order valence-electron chi connectivity index (χ3n) is 1.86. The zero-order valence-electron chi connectivity index (χ0n) is 7.26. The molecular formula is C9H8FN3O. The van der Waals surface area contributed by atoms with Gasteiger partial charge in [0.05, 0.1) is 0 Å². The van der Waals surface area contributed by atoms with Gasteiger partial charge in [0.15, 0.2) is 5.82 Å². The minimum atomic E-state index is -0.299. The molecule has 2 aromatic rings. The summed E-state index contributed by atoms with van der Waals surface area (Å²) in [5, 5.41) is 16.3. The van der Waals surface area contributed by atoms with Crippen molar-refractivity contribution in [3.8, 4) is 5.69 Å². The highest BCUT2D eigenvalue weighted by Gasteiger charge is 2.04. The SMILES string of the molecule is OCc1nncn1-c1ccc(F)cc1. The van der Waals surface area contributed by atoms with Crippen LogP contribution in [0.4, 0.5) is 4.39 Å². The largest absolute Gasteiger partial charge is 0.388 e. The van der Waals surface area contributed by atoms with Crippen LogP contribution >= 0.6 is 0 Å². The maximum atomic E-state index is 12.6. The van der Waals surface area contributed by atoms with E-state index in [1.54, 1.807) is 16.7 Å². The van der Waals surface area contributed by atoms with Crippen molar-refractivity contribution >= 4 is 0 Å². The Labute approximate surface area is 79.6 Å². The van der Waals surface area contributed by atoms with Gasteiger partial charge in [0.2, 0.25) is 0 Å². The minimum Gasteiger partial charge on any atom is -0.388 e. The average Bonchev–Trinajstić information content (AvgIpc) is 2.67. The van der Waals surface area contributed by atoms with Crippen molar-refractivity contribution in [3.05, 3.63) is 42.2 Å². The lowest BCUT2D eigenvalue weighted by Crippen LogP contribution is -1.99. The molecule has 0 atom stereocenters. The van der Waals surface area contributed by atoms with E-state index in [0.29, 0.717) is 5.82 Å². The molecule has 2 rings (SSSR count). The quantitative estimate of drug-likeness (QED) is 0.770. The van der Waals surface area contributed by atoms with Crippen LogP contribution in [-0.4, -0.2) is 19.9 Å². The molecule has 14 heavy (non-hydrogen) atoms. The second-order valence-corrected chi connectivity index (χ2v) is 2.75. The van der Waals surface area contributed by atoms with E-state index in [0.717, 1.165) is 5.69 Å². The first-order valence-electron chi connectivity index (χ1n) is 4.07. The predicted octanol–water partition coefficient (Wildman–Crippen LogP) is 0.899. The number of rotatable bonds is 2. The maximum absolute atomic E-state index is 12.6. The molecule has 0 saturated carbocycles. The number of hydrogen-bond acceptors (Lipinski definition) is 3.